The maximum atomic E-state index is 11.8. The smallest absolute Gasteiger partial charge is 0.246 e. The van der Waals surface area contributed by atoms with Gasteiger partial charge in [0, 0.05) is 16.7 Å². The second kappa shape index (κ2) is 6.56. The van der Waals surface area contributed by atoms with Crippen LogP contribution < -0.4 is 11.1 Å². The van der Waals surface area contributed by atoms with E-state index in [-0.39, 0.29) is 0 Å². The summed E-state index contributed by atoms with van der Waals surface area (Å²) in [6.45, 7) is 2.88. The number of nitrogens with two attached hydrogens (primary N) is 1. The first-order valence-electron chi connectivity index (χ1n) is 6.43. The number of aryl methyl sites for hydroxylation is 1. The topological polar surface area (TPSA) is 72.9 Å². The van der Waals surface area contributed by atoms with Crippen molar-refractivity contribution in [2.45, 2.75) is 25.9 Å². The van der Waals surface area contributed by atoms with Gasteiger partial charge in [0.25, 0.3) is 0 Å². The number of carbonyl (C=O) groups excluding carboxylic acids is 1. The summed E-state index contributed by atoms with van der Waals surface area (Å²) < 4.78 is 2.88. The fourth-order valence-electron chi connectivity index (χ4n) is 2.03. The molecule has 0 saturated heterocycles. The Labute approximate surface area is 126 Å². The van der Waals surface area contributed by atoms with E-state index in [1.165, 1.54) is 0 Å². The van der Waals surface area contributed by atoms with Gasteiger partial charge in [-0.3, -0.25) is 4.79 Å². The zero-order chi connectivity index (χ0) is 14.5. The van der Waals surface area contributed by atoms with Gasteiger partial charge in [-0.05, 0) is 24.6 Å². The predicted octanol–water partition coefficient (Wildman–Crippen LogP) is 2.69. The van der Waals surface area contributed by atoms with Crippen molar-refractivity contribution < 1.29 is 4.79 Å². The Kier molecular flexibility index (Phi) is 4.79. The van der Waals surface area contributed by atoms with Crippen LogP contribution in [0.3, 0.4) is 0 Å². The summed E-state index contributed by atoms with van der Waals surface area (Å²) >= 11 is 3.40. The third-order valence-corrected chi connectivity index (χ3v) is 3.42. The number of halogens is 1. The van der Waals surface area contributed by atoms with Gasteiger partial charge in [0.1, 0.15) is 6.04 Å². The number of amides is 1. The lowest BCUT2D eigenvalue weighted by molar-refractivity contribution is -0.119. The molecule has 1 amide bonds. The van der Waals surface area contributed by atoms with Gasteiger partial charge in [0.05, 0.1) is 18.2 Å². The molecule has 5 nitrogen and oxygen atoms in total. The van der Waals surface area contributed by atoms with E-state index in [2.05, 4.69) is 33.2 Å². The summed E-state index contributed by atoms with van der Waals surface area (Å²) in [6.07, 6.45) is 4.36. The van der Waals surface area contributed by atoms with Crippen LogP contribution in [0.2, 0.25) is 0 Å². The molecule has 1 aromatic heterocycles. The Morgan fingerprint density at radius 2 is 2.35 bits per heavy atom. The molecule has 1 unspecified atom stereocenters. The van der Waals surface area contributed by atoms with E-state index in [4.69, 9.17) is 5.73 Å². The minimum atomic E-state index is -0.599. The molecular formula is C14H17BrN4O. The normalized spacial score (nSPS) is 12.1. The Morgan fingerprint density at radius 1 is 1.55 bits per heavy atom. The van der Waals surface area contributed by atoms with Gasteiger partial charge in [-0.2, -0.15) is 0 Å². The zero-order valence-electron chi connectivity index (χ0n) is 11.2. The van der Waals surface area contributed by atoms with E-state index in [9.17, 15) is 4.79 Å². The summed E-state index contributed by atoms with van der Waals surface area (Å²) in [4.78, 5) is 15.9. The molecule has 1 heterocycles. The summed E-state index contributed by atoms with van der Waals surface area (Å²) in [5.74, 6) is -0.428. The monoisotopic (exact) mass is 336 g/mol. The fourth-order valence-corrected chi connectivity index (χ4v) is 2.43. The van der Waals surface area contributed by atoms with E-state index >= 15 is 0 Å². The molecular weight excluding hydrogens is 320 g/mol. The molecule has 0 saturated carbocycles. The Bertz CT molecular complexity index is 596. The summed E-state index contributed by atoms with van der Waals surface area (Å²) in [5.41, 5.74) is 7.13. The second-order valence-corrected chi connectivity index (χ2v) is 5.42. The molecule has 106 valence electrons. The zero-order valence-corrected chi connectivity index (χ0v) is 12.8. The third kappa shape index (κ3) is 3.39. The van der Waals surface area contributed by atoms with Crippen LogP contribution in [-0.4, -0.2) is 15.5 Å². The molecule has 0 aliphatic carbocycles. The summed E-state index contributed by atoms with van der Waals surface area (Å²) in [7, 11) is 0. The number of hydrogen-bond acceptors (Lipinski definition) is 3. The molecule has 0 aliphatic rings. The summed E-state index contributed by atoms with van der Waals surface area (Å²) in [5, 5.41) is 3.16. The first kappa shape index (κ1) is 14.6. The molecule has 2 aromatic rings. The van der Waals surface area contributed by atoms with Crippen molar-refractivity contribution in [2.75, 3.05) is 5.32 Å². The van der Waals surface area contributed by atoms with Crippen molar-refractivity contribution in [1.29, 1.82) is 0 Å². The number of rotatable bonds is 6. The average molecular weight is 337 g/mol. The van der Waals surface area contributed by atoms with E-state index in [0.29, 0.717) is 0 Å². The van der Waals surface area contributed by atoms with Crippen LogP contribution >= 0.6 is 15.9 Å². The van der Waals surface area contributed by atoms with Crippen LogP contribution in [0.15, 0.2) is 41.3 Å². The number of carbonyl (C=O) groups is 1. The van der Waals surface area contributed by atoms with Crippen LogP contribution in [0.1, 0.15) is 25.1 Å². The number of imidazole rings is 1. The number of aromatic nitrogens is 2. The predicted molar refractivity (Wildman–Crippen MR) is 82.2 cm³/mol. The van der Waals surface area contributed by atoms with Crippen LogP contribution in [0.5, 0.6) is 0 Å². The van der Waals surface area contributed by atoms with E-state index < -0.39 is 11.9 Å². The average Bonchev–Trinajstić information content (AvgIpc) is 2.84. The lowest BCUT2D eigenvalue weighted by Gasteiger charge is -2.18. The van der Waals surface area contributed by atoms with Crippen molar-refractivity contribution >= 4 is 27.5 Å². The molecule has 0 fully saturated rings. The van der Waals surface area contributed by atoms with Crippen LogP contribution in [-0.2, 0) is 11.3 Å². The molecule has 6 heteroatoms. The highest BCUT2D eigenvalue weighted by Gasteiger charge is 2.21. The molecule has 0 aliphatic heterocycles. The van der Waals surface area contributed by atoms with Crippen molar-refractivity contribution in [3.63, 3.8) is 0 Å². The third-order valence-electron chi connectivity index (χ3n) is 2.92. The first-order valence-corrected chi connectivity index (χ1v) is 7.22. The number of primary amides is 1. The number of benzene rings is 1. The van der Waals surface area contributed by atoms with Crippen molar-refractivity contribution in [1.82, 2.24) is 9.55 Å². The maximum absolute atomic E-state index is 11.8. The number of nitrogens with one attached hydrogen (secondary N) is 1. The molecule has 1 aromatic carbocycles. The van der Waals surface area contributed by atoms with Crippen LogP contribution in [0.4, 0.5) is 5.69 Å². The van der Waals surface area contributed by atoms with E-state index in [0.717, 1.165) is 28.8 Å². The van der Waals surface area contributed by atoms with E-state index in [1.54, 1.807) is 12.5 Å². The number of anilines is 1. The summed E-state index contributed by atoms with van der Waals surface area (Å²) in [6, 6.07) is 7.01. The molecule has 0 radical (unpaired) electrons. The van der Waals surface area contributed by atoms with Gasteiger partial charge in [-0.1, -0.05) is 28.9 Å². The molecule has 0 bridgehead atoms. The Balaban J connectivity index is 2.27. The largest absolute Gasteiger partial charge is 0.369 e. The standard InChI is InChI=1S/C14H17BrN4O/c1-2-6-19-9-17-8-12(19)13(14(16)20)18-11-5-3-4-10(15)7-11/h3-5,7-9,13,18H,2,6H2,1H3,(H2,16,20). The number of nitrogens with zero attached hydrogens (tertiary/aromatic N) is 2. The molecule has 1 atom stereocenters. The first-order chi connectivity index (χ1) is 9.61. The van der Waals surface area contributed by atoms with Gasteiger partial charge in [-0.25, -0.2) is 4.98 Å². The minimum Gasteiger partial charge on any atom is -0.369 e. The van der Waals surface area contributed by atoms with Crippen LogP contribution in [0.25, 0.3) is 0 Å². The SMILES string of the molecule is CCCn1cncc1C(Nc1cccc(Br)c1)C(N)=O. The molecule has 2 rings (SSSR count). The van der Waals surface area contributed by atoms with Gasteiger partial charge >= 0.3 is 0 Å². The van der Waals surface area contributed by atoms with Crippen molar-refractivity contribution in [2.24, 2.45) is 5.73 Å². The Morgan fingerprint density at radius 3 is 3.00 bits per heavy atom. The molecule has 0 spiro atoms. The van der Waals surface area contributed by atoms with Gasteiger partial charge in [0.15, 0.2) is 0 Å². The lowest BCUT2D eigenvalue weighted by Crippen LogP contribution is -2.29. The highest BCUT2D eigenvalue weighted by Crippen LogP contribution is 2.22. The lowest BCUT2D eigenvalue weighted by atomic mass is 10.2. The van der Waals surface area contributed by atoms with Crippen molar-refractivity contribution in [3.8, 4) is 0 Å². The number of hydrogen-bond donors (Lipinski definition) is 2. The minimum absolute atomic E-state index is 0.428. The molecule has 3 N–H and O–H groups in total. The second-order valence-electron chi connectivity index (χ2n) is 4.50. The quantitative estimate of drug-likeness (QED) is 0.851. The van der Waals surface area contributed by atoms with Gasteiger partial charge < -0.3 is 15.6 Å². The van der Waals surface area contributed by atoms with Crippen LogP contribution in [0, 0.1) is 0 Å². The Hall–Kier alpha value is -1.82. The van der Waals surface area contributed by atoms with E-state index in [1.807, 2.05) is 28.8 Å². The maximum Gasteiger partial charge on any atom is 0.246 e. The fraction of sp³-hybridized carbons (Fsp3) is 0.286. The van der Waals surface area contributed by atoms with Crippen molar-refractivity contribution in [3.05, 3.63) is 47.0 Å². The van der Waals surface area contributed by atoms with Gasteiger partial charge in [0.2, 0.25) is 5.91 Å². The van der Waals surface area contributed by atoms with Gasteiger partial charge in [-0.15, -0.1) is 0 Å². The highest BCUT2D eigenvalue weighted by molar-refractivity contribution is 9.10. The molecule has 20 heavy (non-hydrogen) atoms. The highest BCUT2D eigenvalue weighted by atomic mass is 79.9.